The Morgan fingerprint density at radius 2 is 2.10 bits per heavy atom. The highest BCUT2D eigenvalue weighted by Crippen LogP contribution is 2.36. The molecule has 0 spiro atoms. The SMILES string of the molecule is CCCC(Cl)c1noc(-c2cc(C(F)(F)F)ccc2Br)n1. The second kappa shape index (κ2) is 6.36. The van der Waals surface area contributed by atoms with Crippen molar-refractivity contribution in [2.45, 2.75) is 31.3 Å². The summed E-state index contributed by atoms with van der Waals surface area (Å²) in [4.78, 5) is 4.08. The van der Waals surface area contributed by atoms with Crippen LogP contribution in [0.15, 0.2) is 27.2 Å². The molecule has 114 valence electrons. The van der Waals surface area contributed by atoms with Gasteiger partial charge in [-0.15, -0.1) is 11.6 Å². The van der Waals surface area contributed by atoms with Crippen molar-refractivity contribution in [2.75, 3.05) is 0 Å². The molecule has 1 aromatic carbocycles. The first-order valence-electron chi connectivity index (χ1n) is 6.17. The predicted octanol–water partition coefficient (Wildman–Crippen LogP) is 5.60. The number of rotatable bonds is 4. The standard InChI is InChI=1S/C13H11BrClF3N2O/c1-2-3-10(15)11-19-12(21-20-11)8-6-7(13(16,17)18)4-5-9(8)14/h4-6,10H,2-3H2,1H3. The number of halogens is 5. The van der Waals surface area contributed by atoms with Crippen molar-refractivity contribution in [1.29, 1.82) is 0 Å². The Labute approximate surface area is 132 Å². The molecule has 0 N–H and O–H groups in total. The molecule has 0 aliphatic rings. The predicted molar refractivity (Wildman–Crippen MR) is 75.9 cm³/mol. The maximum Gasteiger partial charge on any atom is 0.416 e. The normalized spacial score (nSPS) is 13.4. The molecule has 0 fully saturated rings. The molecule has 2 rings (SSSR count). The van der Waals surface area contributed by atoms with Crippen LogP contribution in [0.2, 0.25) is 0 Å². The van der Waals surface area contributed by atoms with E-state index in [2.05, 4.69) is 26.1 Å². The topological polar surface area (TPSA) is 38.9 Å². The number of alkyl halides is 4. The summed E-state index contributed by atoms with van der Waals surface area (Å²) >= 11 is 9.26. The number of benzene rings is 1. The molecule has 0 aliphatic heterocycles. The average Bonchev–Trinajstić information content (AvgIpc) is 2.87. The molecule has 2 aromatic rings. The summed E-state index contributed by atoms with van der Waals surface area (Å²) in [5.74, 6) is 0.280. The van der Waals surface area contributed by atoms with Gasteiger partial charge in [0.05, 0.1) is 16.5 Å². The molecule has 3 nitrogen and oxygen atoms in total. The van der Waals surface area contributed by atoms with Crippen molar-refractivity contribution in [3.63, 3.8) is 0 Å². The van der Waals surface area contributed by atoms with Gasteiger partial charge in [-0.1, -0.05) is 18.5 Å². The van der Waals surface area contributed by atoms with E-state index in [0.29, 0.717) is 10.9 Å². The Balaban J connectivity index is 2.38. The van der Waals surface area contributed by atoms with Crippen molar-refractivity contribution < 1.29 is 17.7 Å². The number of nitrogens with zero attached hydrogens (tertiary/aromatic N) is 2. The van der Waals surface area contributed by atoms with Gasteiger partial charge in [-0.3, -0.25) is 0 Å². The summed E-state index contributed by atoms with van der Waals surface area (Å²) in [5.41, 5.74) is -0.597. The first-order valence-corrected chi connectivity index (χ1v) is 7.40. The van der Waals surface area contributed by atoms with E-state index >= 15 is 0 Å². The smallest absolute Gasteiger partial charge is 0.334 e. The third-order valence-electron chi connectivity index (χ3n) is 2.79. The Morgan fingerprint density at radius 1 is 1.38 bits per heavy atom. The maximum absolute atomic E-state index is 12.7. The highest BCUT2D eigenvalue weighted by Gasteiger charge is 2.31. The lowest BCUT2D eigenvalue weighted by Crippen LogP contribution is -2.04. The monoisotopic (exact) mass is 382 g/mol. The molecule has 8 heteroatoms. The summed E-state index contributed by atoms with van der Waals surface area (Å²) < 4.78 is 43.7. The number of aromatic nitrogens is 2. The molecule has 0 amide bonds. The highest BCUT2D eigenvalue weighted by atomic mass is 79.9. The largest absolute Gasteiger partial charge is 0.416 e. The zero-order valence-corrected chi connectivity index (χ0v) is 13.3. The van der Waals surface area contributed by atoms with E-state index in [0.717, 1.165) is 18.6 Å². The van der Waals surface area contributed by atoms with Gasteiger partial charge in [0.1, 0.15) is 0 Å². The van der Waals surface area contributed by atoms with Gasteiger partial charge in [-0.2, -0.15) is 18.2 Å². The fraction of sp³-hybridized carbons (Fsp3) is 0.385. The molecule has 1 unspecified atom stereocenters. The molecule has 0 saturated heterocycles. The zero-order chi connectivity index (χ0) is 15.6. The summed E-state index contributed by atoms with van der Waals surface area (Å²) in [7, 11) is 0. The van der Waals surface area contributed by atoms with E-state index in [9.17, 15) is 13.2 Å². The van der Waals surface area contributed by atoms with Gasteiger partial charge in [0, 0.05) is 4.47 Å². The fourth-order valence-electron chi connectivity index (χ4n) is 1.72. The van der Waals surface area contributed by atoms with E-state index < -0.39 is 17.1 Å². The van der Waals surface area contributed by atoms with Crippen LogP contribution in [-0.4, -0.2) is 10.1 Å². The Hall–Kier alpha value is -1.08. The lowest BCUT2D eigenvalue weighted by Gasteiger charge is -2.08. The van der Waals surface area contributed by atoms with Crippen LogP contribution in [0.25, 0.3) is 11.5 Å². The first kappa shape index (κ1) is 16.3. The van der Waals surface area contributed by atoms with Crippen LogP contribution in [0, 0.1) is 0 Å². The third-order valence-corrected chi connectivity index (χ3v) is 3.89. The first-order chi connectivity index (χ1) is 9.82. The van der Waals surface area contributed by atoms with Crippen molar-refractivity contribution in [3.8, 4) is 11.5 Å². The second-order valence-corrected chi connectivity index (χ2v) is 5.79. The van der Waals surface area contributed by atoms with Gasteiger partial charge in [-0.05, 0) is 40.5 Å². The van der Waals surface area contributed by atoms with Crippen LogP contribution in [0.5, 0.6) is 0 Å². The Kier molecular flexibility index (Phi) is 4.93. The quantitative estimate of drug-likeness (QED) is 0.645. The van der Waals surface area contributed by atoms with E-state index in [4.69, 9.17) is 16.1 Å². The number of hydrogen-bond acceptors (Lipinski definition) is 3. The van der Waals surface area contributed by atoms with Crippen molar-refractivity contribution in [1.82, 2.24) is 10.1 Å². The fourth-order valence-corrected chi connectivity index (χ4v) is 2.44. The molecular formula is C13H11BrClF3N2O. The van der Waals surface area contributed by atoms with Gasteiger partial charge in [0.2, 0.25) is 0 Å². The Bertz CT molecular complexity index is 630. The van der Waals surface area contributed by atoms with Gasteiger partial charge in [0.25, 0.3) is 5.89 Å². The second-order valence-electron chi connectivity index (χ2n) is 4.41. The van der Waals surface area contributed by atoms with Crippen molar-refractivity contribution in [2.24, 2.45) is 0 Å². The van der Waals surface area contributed by atoms with Crippen molar-refractivity contribution >= 4 is 27.5 Å². The molecule has 1 atom stereocenters. The van der Waals surface area contributed by atoms with Crippen LogP contribution in [0.3, 0.4) is 0 Å². The molecule has 21 heavy (non-hydrogen) atoms. The lowest BCUT2D eigenvalue weighted by molar-refractivity contribution is -0.137. The molecule has 0 aliphatic carbocycles. The minimum Gasteiger partial charge on any atom is -0.334 e. The van der Waals surface area contributed by atoms with E-state index in [1.54, 1.807) is 0 Å². The average molecular weight is 384 g/mol. The highest BCUT2D eigenvalue weighted by molar-refractivity contribution is 9.10. The van der Waals surface area contributed by atoms with Crippen LogP contribution in [-0.2, 0) is 6.18 Å². The molecule has 0 bridgehead atoms. The summed E-state index contributed by atoms with van der Waals surface area (Å²) in [6, 6.07) is 3.24. The minimum absolute atomic E-state index is 0.00438. The van der Waals surface area contributed by atoms with Gasteiger partial charge in [0.15, 0.2) is 5.82 Å². The minimum atomic E-state index is -4.43. The molecule has 1 aromatic heterocycles. The van der Waals surface area contributed by atoms with Gasteiger partial charge < -0.3 is 4.52 Å². The summed E-state index contributed by atoms with van der Waals surface area (Å²) in [5, 5.41) is 3.30. The van der Waals surface area contributed by atoms with Crippen LogP contribution in [0.4, 0.5) is 13.2 Å². The summed E-state index contributed by atoms with van der Waals surface area (Å²) in [6.07, 6.45) is -2.94. The molecule has 0 saturated carbocycles. The van der Waals surface area contributed by atoms with E-state index in [-0.39, 0.29) is 17.3 Å². The zero-order valence-electron chi connectivity index (χ0n) is 10.9. The van der Waals surface area contributed by atoms with E-state index in [1.165, 1.54) is 6.07 Å². The summed E-state index contributed by atoms with van der Waals surface area (Å²) in [6.45, 7) is 1.96. The molecule has 0 radical (unpaired) electrons. The molecular weight excluding hydrogens is 373 g/mol. The van der Waals surface area contributed by atoms with E-state index in [1.807, 2.05) is 6.92 Å². The lowest BCUT2D eigenvalue weighted by atomic mass is 10.1. The maximum atomic E-state index is 12.7. The number of hydrogen-bond donors (Lipinski definition) is 0. The van der Waals surface area contributed by atoms with Crippen LogP contribution >= 0.6 is 27.5 Å². The van der Waals surface area contributed by atoms with Crippen molar-refractivity contribution in [3.05, 3.63) is 34.1 Å². The Morgan fingerprint density at radius 3 is 2.71 bits per heavy atom. The van der Waals surface area contributed by atoms with Crippen LogP contribution < -0.4 is 0 Å². The third kappa shape index (κ3) is 3.77. The molecule has 1 heterocycles. The van der Waals surface area contributed by atoms with Gasteiger partial charge in [-0.25, -0.2) is 0 Å². The van der Waals surface area contributed by atoms with Crippen LogP contribution in [0.1, 0.15) is 36.5 Å². The van der Waals surface area contributed by atoms with Gasteiger partial charge >= 0.3 is 6.18 Å².